The van der Waals surface area contributed by atoms with Gasteiger partial charge in [-0.2, -0.15) is 9.13 Å². The van der Waals surface area contributed by atoms with Gasteiger partial charge in [-0.1, -0.05) is 66.7 Å². The van der Waals surface area contributed by atoms with Crippen LogP contribution >= 0.6 is 12.6 Å². The second kappa shape index (κ2) is 7.26. The number of hydrogen-bond donors (Lipinski definition) is 1. The first kappa shape index (κ1) is 17.8. The van der Waals surface area contributed by atoms with Crippen LogP contribution < -0.4 is 15.0 Å². The summed E-state index contributed by atoms with van der Waals surface area (Å²) in [5.74, 6) is 0.831. The molecule has 5 rings (SSSR count). The number of hydrogen-bond acceptors (Lipinski definition) is 3. The van der Waals surface area contributed by atoms with Gasteiger partial charge >= 0.3 is 11.5 Å². The second-order valence-corrected chi connectivity index (χ2v) is 7.40. The van der Waals surface area contributed by atoms with Gasteiger partial charge in [0.25, 0.3) is 0 Å². The van der Waals surface area contributed by atoms with Gasteiger partial charge in [0.1, 0.15) is 30.0 Å². The molecule has 3 aromatic carbocycles. The molecule has 142 valence electrons. The molecular weight excluding hydrogens is 378 g/mol. The minimum atomic E-state index is -0.0122. The zero-order valence-electron chi connectivity index (χ0n) is 15.8. The molecule has 1 aliphatic heterocycles. The maximum atomic E-state index is 13.5. The SMILES string of the molecule is O=c1c(-c2ccccc2)c(S)[n+](-c2ccccc2)c2n1CCN2c1ccccc1. The molecular formula is C24H20N3OS+. The van der Waals surface area contributed by atoms with Gasteiger partial charge < -0.3 is 0 Å². The molecule has 0 bridgehead atoms. The van der Waals surface area contributed by atoms with Crippen LogP contribution in [-0.4, -0.2) is 11.1 Å². The predicted octanol–water partition coefficient (Wildman–Crippen LogP) is 4.23. The Morgan fingerprint density at radius 3 is 2.00 bits per heavy atom. The fourth-order valence-electron chi connectivity index (χ4n) is 3.94. The number of anilines is 2. The number of aromatic nitrogens is 2. The fraction of sp³-hybridized carbons (Fsp3) is 0.0833. The van der Waals surface area contributed by atoms with Gasteiger partial charge in [-0.3, -0.25) is 4.79 Å². The van der Waals surface area contributed by atoms with Gasteiger partial charge in [0, 0.05) is 0 Å². The summed E-state index contributed by atoms with van der Waals surface area (Å²) < 4.78 is 3.94. The summed E-state index contributed by atoms with van der Waals surface area (Å²) in [6.45, 7) is 1.36. The summed E-state index contributed by atoms with van der Waals surface area (Å²) in [5.41, 5.74) is 3.52. The van der Waals surface area contributed by atoms with Crippen LogP contribution in [0.15, 0.2) is 101 Å². The third-order valence-electron chi connectivity index (χ3n) is 5.27. The minimum absolute atomic E-state index is 0.0122. The smallest absolute Gasteiger partial charge is 0.250 e. The van der Waals surface area contributed by atoms with Crippen LogP contribution in [0.5, 0.6) is 0 Å². The summed E-state index contributed by atoms with van der Waals surface area (Å²) in [6.07, 6.45) is 0. The number of fused-ring (bicyclic) bond motifs is 1. The Kier molecular flexibility index (Phi) is 4.45. The molecule has 0 saturated heterocycles. The highest BCUT2D eigenvalue weighted by Gasteiger charge is 2.37. The maximum Gasteiger partial charge on any atom is 0.373 e. The van der Waals surface area contributed by atoms with Crippen molar-refractivity contribution in [1.29, 1.82) is 0 Å². The van der Waals surface area contributed by atoms with E-state index in [1.54, 1.807) is 0 Å². The van der Waals surface area contributed by atoms with Crippen LogP contribution in [0.3, 0.4) is 0 Å². The van der Waals surface area contributed by atoms with Crippen LogP contribution in [0.4, 0.5) is 11.6 Å². The largest absolute Gasteiger partial charge is 0.373 e. The van der Waals surface area contributed by atoms with Crippen molar-refractivity contribution in [2.75, 3.05) is 11.4 Å². The summed E-state index contributed by atoms with van der Waals surface area (Å²) in [5, 5.41) is 0.640. The lowest BCUT2D eigenvalue weighted by Gasteiger charge is -2.18. The van der Waals surface area contributed by atoms with Gasteiger partial charge in [0.2, 0.25) is 0 Å². The Morgan fingerprint density at radius 1 is 0.759 bits per heavy atom. The third-order valence-corrected chi connectivity index (χ3v) is 5.69. The number of nitrogens with zero attached hydrogens (tertiary/aromatic N) is 3. The van der Waals surface area contributed by atoms with Crippen molar-refractivity contribution in [3.63, 3.8) is 0 Å². The molecule has 5 heteroatoms. The zero-order chi connectivity index (χ0) is 19.8. The highest BCUT2D eigenvalue weighted by molar-refractivity contribution is 7.80. The van der Waals surface area contributed by atoms with Crippen molar-refractivity contribution < 1.29 is 4.57 Å². The molecule has 0 aliphatic carbocycles. The number of benzene rings is 3. The molecule has 1 aliphatic rings. The van der Waals surface area contributed by atoms with E-state index in [4.69, 9.17) is 12.6 Å². The Labute approximate surface area is 174 Å². The molecule has 4 nitrogen and oxygen atoms in total. The molecule has 0 amide bonds. The third kappa shape index (κ3) is 2.95. The van der Waals surface area contributed by atoms with E-state index in [2.05, 4.69) is 21.6 Å². The first-order valence-electron chi connectivity index (χ1n) is 9.61. The van der Waals surface area contributed by atoms with Crippen LogP contribution in [0, 0.1) is 0 Å². The lowest BCUT2D eigenvalue weighted by atomic mass is 10.1. The second-order valence-electron chi connectivity index (χ2n) is 6.98. The molecule has 0 N–H and O–H groups in total. The zero-order valence-corrected chi connectivity index (χ0v) is 16.7. The first-order chi connectivity index (χ1) is 14.3. The normalized spacial score (nSPS) is 12.8. The summed E-state index contributed by atoms with van der Waals surface area (Å²) in [7, 11) is 0. The standard InChI is InChI=1S/C24H19N3OS/c28-22-21(18-10-4-1-5-11-18)23(29)27(20-14-8-3-9-15-20)24-25(16-17-26(22)24)19-12-6-2-7-13-19/h1-15H,16-17H2/p+1. The van der Waals surface area contributed by atoms with Crippen molar-refractivity contribution in [3.8, 4) is 16.8 Å². The topological polar surface area (TPSA) is 29.1 Å². The predicted molar refractivity (Wildman–Crippen MR) is 118 cm³/mol. The molecule has 0 atom stereocenters. The number of para-hydroxylation sites is 2. The average molecular weight is 399 g/mol. The van der Waals surface area contributed by atoms with E-state index in [1.807, 2.05) is 83.4 Å². The maximum absolute atomic E-state index is 13.5. The Hall–Kier alpha value is -3.31. The molecule has 2 heterocycles. The molecule has 0 spiro atoms. The van der Waals surface area contributed by atoms with E-state index in [9.17, 15) is 4.79 Å². The first-order valence-corrected chi connectivity index (χ1v) is 10.1. The summed E-state index contributed by atoms with van der Waals surface area (Å²) in [4.78, 5) is 15.7. The van der Waals surface area contributed by atoms with Crippen molar-refractivity contribution in [3.05, 3.63) is 101 Å². The van der Waals surface area contributed by atoms with Crippen LogP contribution in [0.25, 0.3) is 16.8 Å². The average Bonchev–Trinajstić information content (AvgIpc) is 3.21. The quantitative estimate of drug-likeness (QED) is 0.318. The van der Waals surface area contributed by atoms with Crippen LogP contribution in [-0.2, 0) is 6.54 Å². The molecule has 0 unspecified atom stereocenters. The van der Waals surface area contributed by atoms with E-state index < -0.39 is 0 Å². The van der Waals surface area contributed by atoms with E-state index in [-0.39, 0.29) is 5.56 Å². The van der Waals surface area contributed by atoms with Gasteiger partial charge in [-0.25, -0.2) is 4.90 Å². The minimum Gasteiger partial charge on any atom is -0.250 e. The number of rotatable bonds is 3. The molecule has 0 fully saturated rings. The van der Waals surface area contributed by atoms with Gasteiger partial charge in [0.05, 0.1) is 0 Å². The lowest BCUT2D eigenvalue weighted by Crippen LogP contribution is -2.44. The van der Waals surface area contributed by atoms with E-state index in [0.717, 1.165) is 29.4 Å². The molecule has 1 aromatic heterocycles. The summed E-state index contributed by atoms with van der Waals surface area (Å²) in [6, 6.07) is 30.0. The van der Waals surface area contributed by atoms with Crippen molar-refractivity contribution >= 4 is 24.3 Å². The van der Waals surface area contributed by atoms with Crippen LogP contribution in [0.2, 0.25) is 0 Å². The van der Waals surface area contributed by atoms with E-state index >= 15 is 0 Å². The van der Waals surface area contributed by atoms with Gasteiger partial charge in [-0.05, 0) is 29.8 Å². The monoisotopic (exact) mass is 398 g/mol. The van der Waals surface area contributed by atoms with Crippen molar-refractivity contribution in [2.45, 2.75) is 11.6 Å². The Bertz CT molecular complexity index is 1220. The van der Waals surface area contributed by atoms with E-state index in [1.165, 1.54) is 0 Å². The molecule has 4 aromatic rings. The van der Waals surface area contributed by atoms with Crippen molar-refractivity contribution in [2.24, 2.45) is 0 Å². The van der Waals surface area contributed by atoms with E-state index in [0.29, 0.717) is 17.1 Å². The lowest BCUT2D eigenvalue weighted by molar-refractivity contribution is -0.625. The number of thiol groups is 1. The van der Waals surface area contributed by atoms with Crippen LogP contribution in [0.1, 0.15) is 0 Å². The Balaban J connectivity index is 1.85. The summed E-state index contributed by atoms with van der Waals surface area (Å²) >= 11 is 4.88. The van der Waals surface area contributed by atoms with Gasteiger partial charge in [0.15, 0.2) is 5.03 Å². The van der Waals surface area contributed by atoms with Crippen molar-refractivity contribution in [1.82, 2.24) is 4.57 Å². The molecule has 0 saturated carbocycles. The Morgan fingerprint density at radius 2 is 1.34 bits per heavy atom. The fourth-order valence-corrected chi connectivity index (χ4v) is 4.37. The molecule has 29 heavy (non-hydrogen) atoms. The highest BCUT2D eigenvalue weighted by Crippen LogP contribution is 2.31. The molecule has 0 radical (unpaired) electrons. The van der Waals surface area contributed by atoms with Gasteiger partial charge in [-0.15, -0.1) is 12.6 Å². The highest BCUT2D eigenvalue weighted by atomic mass is 32.1.